The quantitative estimate of drug-likeness (QED) is 0.535. The molecule has 5 heteroatoms. The van der Waals surface area contributed by atoms with Crippen molar-refractivity contribution in [2.45, 2.75) is 0 Å². The molecule has 3 rings (SSSR count). The van der Waals surface area contributed by atoms with E-state index in [0.717, 1.165) is 27.0 Å². The molecule has 2 aromatic carbocycles. The predicted molar refractivity (Wildman–Crippen MR) is 102 cm³/mol. The molecule has 1 heterocycles. The van der Waals surface area contributed by atoms with Crippen LogP contribution in [-0.2, 0) is 0 Å². The maximum Gasteiger partial charge on any atom is 0.134 e. The minimum atomic E-state index is 0.541. The van der Waals surface area contributed by atoms with Crippen molar-refractivity contribution in [3.05, 3.63) is 69.0 Å². The first-order valence-corrected chi connectivity index (χ1v) is 8.85. The van der Waals surface area contributed by atoms with E-state index in [-0.39, 0.29) is 0 Å². The number of hydrogen-bond donors (Lipinski definition) is 0. The number of nitriles is 1. The van der Waals surface area contributed by atoms with E-state index < -0.39 is 0 Å². The van der Waals surface area contributed by atoms with E-state index in [1.54, 1.807) is 7.11 Å². The number of aromatic nitrogens is 1. The third-order valence-corrected chi connectivity index (χ3v) is 4.91. The molecule has 0 atom stereocenters. The first-order valence-electron chi connectivity index (χ1n) is 7.18. The normalized spacial score (nSPS) is 11.1. The average Bonchev–Trinajstić information content (AvgIpc) is 3.10. The zero-order valence-electron chi connectivity index (χ0n) is 12.9. The first kappa shape index (κ1) is 16.4. The van der Waals surface area contributed by atoms with E-state index in [1.807, 2.05) is 60.0 Å². The number of rotatable bonds is 4. The summed E-state index contributed by atoms with van der Waals surface area (Å²) in [6.45, 7) is 0. The van der Waals surface area contributed by atoms with Crippen molar-refractivity contribution in [3.8, 4) is 23.1 Å². The summed E-state index contributed by atoms with van der Waals surface area (Å²) in [5.74, 6) is 0.756. The second-order valence-corrected chi connectivity index (χ2v) is 6.68. The molecule has 0 spiro atoms. The molecular formula is C19H13BrN2OS. The van der Waals surface area contributed by atoms with Crippen LogP contribution in [0, 0.1) is 11.3 Å². The van der Waals surface area contributed by atoms with Gasteiger partial charge < -0.3 is 4.74 Å². The van der Waals surface area contributed by atoms with Crippen molar-refractivity contribution in [1.82, 2.24) is 4.98 Å². The molecule has 0 bridgehead atoms. The molecule has 3 nitrogen and oxygen atoms in total. The van der Waals surface area contributed by atoms with Gasteiger partial charge in [-0.05, 0) is 39.7 Å². The maximum absolute atomic E-state index is 9.50. The molecule has 0 aliphatic heterocycles. The lowest BCUT2D eigenvalue weighted by molar-refractivity contribution is 0.412. The van der Waals surface area contributed by atoms with Gasteiger partial charge in [0.1, 0.15) is 16.8 Å². The number of methoxy groups -OCH3 is 1. The van der Waals surface area contributed by atoms with Crippen molar-refractivity contribution in [1.29, 1.82) is 5.26 Å². The largest absolute Gasteiger partial charge is 0.496 e. The first-order chi connectivity index (χ1) is 11.7. The number of nitrogens with zero attached hydrogens (tertiary/aromatic N) is 2. The molecule has 0 aliphatic rings. The Balaban J connectivity index is 1.94. The Morgan fingerprint density at radius 3 is 2.71 bits per heavy atom. The number of ether oxygens (including phenoxy) is 1. The van der Waals surface area contributed by atoms with Crippen molar-refractivity contribution >= 4 is 38.9 Å². The lowest BCUT2D eigenvalue weighted by atomic mass is 10.1. The summed E-state index contributed by atoms with van der Waals surface area (Å²) >= 11 is 4.93. The average molecular weight is 397 g/mol. The minimum Gasteiger partial charge on any atom is -0.496 e. The van der Waals surface area contributed by atoms with Crippen LogP contribution in [0.15, 0.2) is 58.4 Å². The van der Waals surface area contributed by atoms with Gasteiger partial charge in [0.15, 0.2) is 0 Å². The van der Waals surface area contributed by atoms with Crippen LogP contribution in [0.1, 0.15) is 10.6 Å². The van der Waals surface area contributed by atoms with Crippen LogP contribution < -0.4 is 4.74 Å². The highest BCUT2D eigenvalue weighted by molar-refractivity contribution is 9.10. The summed E-state index contributed by atoms with van der Waals surface area (Å²) in [6, 6.07) is 17.9. The van der Waals surface area contributed by atoms with Gasteiger partial charge in [-0.25, -0.2) is 4.98 Å². The standard InChI is InChI=1S/C19H13BrN2OS/c1-23-18-8-7-13(10-16(18)20)9-15(11-21)19-22-17(12-24-19)14-5-3-2-4-6-14/h2-10,12H,1H3/b15-9+. The molecule has 0 N–H and O–H groups in total. The summed E-state index contributed by atoms with van der Waals surface area (Å²) < 4.78 is 6.07. The van der Waals surface area contributed by atoms with Crippen LogP contribution >= 0.6 is 27.3 Å². The van der Waals surface area contributed by atoms with E-state index in [1.165, 1.54) is 11.3 Å². The van der Waals surface area contributed by atoms with Crippen molar-refractivity contribution in [2.75, 3.05) is 7.11 Å². The lowest BCUT2D eigenvalue weighted by Crippen LogP contribution is -1.86. The Morgan fingerprint density at radius 1 is 1.25 bits per heavy atom. The third kappa shape index (κ3) is 3.56. The van der Waals surface area contributed by atoms with Gasteiger partial charge in [0.2, 0.25) is 0 Å². The fourth-order valence-electron chi connectivity index (χ4n) is 2.22. The van der Waals surface area contributed by atoms with E-state index in [4.69, 9.17) is 4.74 Å². The molecule has 1 aromatic heterocycles. The van der Waals surface area contributed by atoms with E-state index in [0.29, 0.717) is 10.6 Å². The van der Waals surface area contributed by atoms with Crippen LogP contribution in [0.5, 0.6) is 5.75 Å². The van der Waals surface area contributed by atoms with Crippen LogP contribution in [0.4, 0.5) is 0 Å². The van der Waals surface area contributed by atoms with Crippen LogP contribution in [0.3, 0.4) is 0 Å². The SMILES string of the molecule is COc1ccc(/C=C(\C#N)c2nc(-c3ccccc3)cs2)cc1Br. The van der Waals surface area contributed by atoms with E-state index >= 15 is 0 Å². The zero-order chi connectivity index (χ0) is 16.9. The molecule has 0 aliphatic carbocycles. The van der Waals surface area contributed by atoms with Crippen LogP contribution in [0.25, 0.3) is 22.9 Å². The van der Waals surface area contributed by atoms with Crippen molar-refractivity contribution < 1.29 is 4.74 Å². The molecular weight excluding hydrogens is 384 g/mol. The second-order valence-electron chi connectivity index (χ2n) is 4.97. The van der Waals surface area contributed by atoms with Gasteiger partial charge in [0.05, 0.1) is 22.8 Å². The Hall–Kier alpha value is -2.42. The molecule has 0 amide bonds. The Morgan fingerprint density at radius 2 is 2.04 bits per heavy atom. The topological polar surface area (TPSA) is 45.9 Å². The fraction of sp³-hybridized carbons (Fsp3) is 0.0526. The molecule has 3 aromatic rings. The summed E-state index contributed by atoms with van der Waals surface area (Å²) in [5.41, 5.74) is 3.38. The number of allylic oxidation sites excluding steroid dienone is 1. The molecule has 118 valence electrons. The minimum absolute atomic E-state index is 0.541. The summed E-state index contributed by atoms with van der Waals surface area (Å²) in [5, 5.41) is 12.2. The molecule has 0 unspecified atom stereocenters. The monoisotopic (exact) mass is 396 g/mol. The van der Waals surface area contributed by atoms with Gasteiger partial charge in [0.25, 0.3) is 0 Å². The molecule has 0 saturated heterocycles. The lowest BCUT2D eigenvalue weighted by Gasteiger charge is -2.03. The predicted octanol–water partition coefficient (Wildman–Crippen LogP) is 5.65. The van der Waals surface area contributed by atoms with Crippen molar-refractivity contribution in [2.24, 2.45) is 0 Å². The maximum atomic E-state index is 9.50. The highest BCUT2D eigenvalue weighted by atomic mass is 79.9. The van der Waals surface area contributed by atoms with Gasteiger partial charge in [-0.15, -0.1) is 11.3 Å². The Labute approximate surface area is 153 Å². The van der Waals surface area contributed by atoms with Crippen LogP contribution in [0.2, 0.25) is 0 Å². The highest BCUT2D eigenvalue weighted by Gasteiger charge is 2.09. The third-order valence-electron chi connectivity index (χ3n) is 3.41. The summed E-state index contributed by atoms with van der Waals surface area (Å²) in [4.78, 5) is 4.60. The molecule has 0 fully saturated rings. The van der Waals surface area contributed by atoms with Gasteiger partial charge in [-0.3, -0.25) is 0 Å². The van der Waals surface area contributed by atoms with Gasteiger partial charge in [-0.2, -0.15) is 5.26 Å². The zero-order valence-corrected chi connectivity index (χ0v) is 15.3. The fourth-order valence-corrected chi connectivity index (χ4v) is 3.57. The number of hydrogen-bond acceptors (Lipinski definition) is 4. The van der Waals surface area contributed by atoms with Crippen molar-refractivity contribution in [3.63, 3.8) is 0 Å². The number of thiazole rings is 1. The Bertz CT molecular complexity index is 926. The second kappa shape index (κ2) is 7.43. The summed E-state index contributed by atoms with van der Waals surface area (Å²) in [7, 11) is 1.62. The number of halogens is 1. The number of benzene rings is 2. The van der Waals surface area contributed by atoms with E-state index in [9.17, 15) is 5.26 Å². The molecule has 24 heavy (non-hydrogen) atoms. The van der Waals surface area contributed by atoms with Gasteiger partial charge in [0, 0.05) is 10.9 Å². The van der Waals surface area contributed by atoms with Gasteiger partial charge >= 0.3 is 0 Å². The van der Waals surface area contributed by atoms with E-state index in [2.05, 4.69) is 27.0 Å². The molecule has 0 saturated carbocycles. The van der Waals surface area contributed by atoms with Crippen LogP contribution in [-0.4, -0.2) is 12.1 Å². The highest BCUT2D eigenvalue weighted by Crippen LogP contribution is 2.29. The molecule has 0 radical (unpaired) electrons. The smallest absolute Gasteiger partial charge is 0.134 e. The summed E-state index contributed by atoms with van der Waals surface area (Å²) in [6.07, 6.45) is 1.83. The van der Waals surface area contributed by atoms with Gasteiger partial charge in [-0.1, -0.05) is 36.4 Å². The Kier molecular flexibility index (Phi) is 5.09.